The van der Waals surface area contributed by atoms with Crippen LogP contribution >= 0.6 is 0 Å². The van der Waals surface area contributed by atoms with Gasteiger partial charge in [0.15, 0.2) is 0 Å². The first-order valence-electron chi connectivity index (χ1n) is 5.30. The maximum Gasteiger partial charge on any atom is 0.0694 e. The molecule has 1 aromatic rings. The van der Waals surface area contributed by atoms with Gasteiger partial charge in [0, 0.05) is 17.9 Å². The van der Waals surface area contributed by atoms with Crippen molar-refractivity contribution in [1.82, 2.24) is 0 Å². The number of rotatable bonds is 1. The summed E-state index contributed by atoms with van der Waals surface area (Å²) in [7, 11) is 0. The van der Waals surface area contributed by atoms with E-state index in [1.54, 1.807) is 0 Å². The Hall–Kier alpha value is -1.22. The molecule has 3 heteroatoms. The molecule has 0 aliphatic carbocycles. The first kappa shape index (κ1) is 10.3. The fourth-order valence-corrected chi connectivity index (χ4v) is 2.03. The second kappa shape index (κ2) is 3.74. The quantitative estimate of drug-likeness (QED) is 0.713. The summed E-state index contributed by atoms with van der Waals surface area (Å²) in [6, 6.07) is 8.03. The van der Waals surface area contributed by atoms with E-state index in [0.29, 0.717) is 0 Å². The maximum absolute atomic E-state index is 5.80. The Labute approximate surface area is 90.8 Å². The van der Waals surface area contributed by atoms with Crippen molar-refractivity contribution < 1.29 is 4.74 Å². The lowest BCUT2D eigenvalue weighted by atomic mass is 10.0. The van der Waals surface area contributed by atoms with E-state index in [2.05, 4.69) is 24.8 Å². The largest absolute Gasteiger partial charge is 0.399 e. The van der Waals surface area contributed by atoms with E-state index in [4.69, 9.17) is 10.5 Å². The topological polar surface area (TPSA) is 38.5 Å². The fraction of sp³-hybridized carbons (Fsp3) is 0.500. The monoisotopic (exact) mass is 206 g/mol. The van der Waals surface area contributed by atoms with Gasteiger partial charge < -0.3 is 15.4 Å². The SMILES string of the molecule is CC1(C)COCCN1c1cccc(N)c1. The number of nitrogens with zero attached hydrogens (tertiary/aromatic N) is 1. The molecule has 1 aliphatic rings. The van der Waals surface area contributed by atoms with Crippen LogP contribution < -0.4 is 10.6 Å². The van der Waals surface area contributed by atoms with Crippen LogP contribution in [0.1, 0.15) is 13.8 Å². The number of hydrogen-bond acceptors (Lipinski definition) is 3. The summed E-state index contributed by atoms with van der Waals surface area (Å²) in [6.45, 7) is 6.86. The molecule has 0 aromatic heterocycles. The molecule has 2 N–H and O–H groups in total. The van der Waals surface area contributed by atoms with Crippen LogP contribution in [-0.4, -0.2) is 25.3 Å². The summed E-state index contributed by atoms with van der Waals surface area (Å²) in [5, 5.41) is 0. The highest BCUT2D eigenvalue weighted by Crippen LogP contribution is 2.27. The lowest BCUT2D eigenvalue weighted by Gasteiger charge is -2.43. The van der Waals surface area contributed by atoms with Gasteiger partial charge in [0.2, 0.25) is 0 Å². The van der Waals surface area contributed by atoms with Gasteiger partial charge in [0.1, 0.15) is 0 Å². The molecule has 15 heavy (non-hydrogen) atoms. The molecule has 0 radical (unpaired) electrons. The maximum atomic E-state index is 5.80. The number of morpholine rings is 1. The van der Waals surface area contributed by atoms with Crippen molar-refractivity contribution in [3.63, 3.8) is 0 Å². The smallest absolute Gasteiger partial charge is 0.0694 e. The number of hydrogen-bond donors (Lipinski definition) is 1. The molecule has 0 bridgehead atoms. The molecule has 0 spiro atoms. The molecule has 1 fully saturated rings. The number of nitrogens with two attached hydrogens (primary N) is 1. The summed E-state index contributed by atoms with van der Waals surface area (Å²) in [5.41, 5.74) is 7.84. The van der Waals surface area contributed by atoms with Crippen molar-refractivity contribution in [2.24, 2.45) is 0 Å². The number of anilines is 2. The van der Waals surface area contributed by atoms with Crippen LogP contribution in [0.15, 0.2) is 24.3 Å². The zero-order valence-corrected chi connectivity index (χ0v) is 9.36. The van der Waals surface area contributed by atoms with Crippen LogP contribution in [0.5, 0.6) is 0 Å². The van der Waals surface area contributed by atoms with Crippen LogP contribution in [0.4, 0.5) is 11.4 Å². The van der Waals surface area contributed by atoms with E-state index in [0.717, 1.165) is 25.4 Å². The van der Waals surface area contributed by atoms with Crippen molar-refractivity contribution in [3.05, 3.63) is 24.3 Å². The van der Waals surface area contributed by atoms with Gasteiger partial charge in [-0.2, -0.15) is 0 Å². The molecule has 3 nitrogen and oxygen atoms in total. The van der Waals surface area contributed by atoms with Gasteiger partial charge in [0.25, 0.3) is 0 Å². The Morgan fingerprint density at radius 3 is 2.87 bits per heavy atom. The number of benzene rings is 1. The summed E-state index contributed by atoms with van der Waals surface area (Å²) in [5.74, 6) is 0. The Bertz CT molecular complexity index is 349. The first-order chi connectivity index (χ1) is 7.09. The van der Waals surface area contributed by atoms with Crippen molar-refractivity contribution in [2.75, 3.05) is 30.4 Å². The number of ether oxygens (including phenoxy) is 1. The second-order valence-electron chi connectivity index (χ2n) is 4.61. The molecule has 0 saturated carbocycles. The molecule has 1 aliphatic heterocycles. The summed E-state index contributed by atoms with van der Waals surface area (Å²) in [4.78, 5) is 2.35. The first-order valence-corrected chi connectivity index (χ1v) is 5.30. The summed E-state index contributed by atoms with van der Waals surface area (Å²) >= 11 is 0. The van der Waals surface area contributed by atoms with Crippen LogP contribution in [0, 0.1) is 0 Å². The zero-order chi connectivity index (χ0) is 10.9. The Morgan fingerprint density at radius 2 is 2.20 bits per heavy atom. The molecule has 1 aromatic carbocycles. The Morgan fingerprint density at radius 1 is 1.40 bits per heavy atom. The molecule has 0 amide bonds. The van der Waals surface area contributed by atoms with E-state index >= 15 is 0 Å². The van der Waals surface area contributed by atoms with Gasteiger partial charge in [-0.1, -0.05) is 6.07 Å². The average Bonchev–Trinajstić information content (AvgIpc) is 2.17. The minimum Gasteiger partial charge on any atom is -0.399 e. The van der Waals surface area contributed by atoms with Crippen LogP contribution in [0.25, 0.3) is 0 Å². The fourth-order valence-electron chi connectivity index (χ4n) is 2.03. The third-order valence-corrected chi connectivity index (χ3v) is 2.83. The highest BCUT2D eigenvalue weighted by atomic mass is 16.5. The molecular formula is C12H18N2O. The van der Waals surface area contributed by atoms with Gasteiger partial charge in [0.05, 0.1) is 18.8 Å². The van der Waals surface area contributed by atoms with Gasteiger partial charge in [-0.15, -0.1) is 0 Å². The zero-order valence-electron chi connectivity index (χ0n) is 9.36. The van der Waals surface area contributed by atoms with E-state index in [9.17, 15) is 0 Å². The third-order valence-electron chi connectivity index (χ3n) is 2.83. The second-order valence-corrected chi connectivity index (χ2v) is 4.61. The van der Waals surface area contributed by atoms with Gasteiger partial charge >= 0.3 is 0 Å². The van der Waals surface area contributed by atoms with E-state index in [-0.39, 0.29) is 5.54 Å². The predicted octanol–water partition coefficient (Wildman–Crippen LogP) is 1.88. The van der Waals surface area contributed by atoms with Gasteiger partial charge in [-0.25, -0.2) is 0 Å². The number of nitrogen functional groups attached to an aromatic ring is 1. The van der Waals surface area contributed by atoms with Gasteiger partial charge in [-0.05, 0) is 32.0 Å². The molecule has 82 valence electrons. The standard InChI is InChI=1S/C12H18N2O/c1-12(2)9-15-7-6-14(12)11-5-3-4-10(13)8-11/h3-5,8H,6-7,9,13H2,1-2H3. The summed E-state index contributed by atoms with van der Waals surface area (Å²) < 4.78 is 5.49. The molecule has 2 rings (SSSR count). The highest BCUT2D eigenvalue weighted by Gasteiger charge is 2.30. The van der Waals surface area contributed by atoms with Crippen LogP contribution in [-0.2, 0) is 4.74 Å². The van der Waals surface area contributed by atoms with Crippen molar-refractivity contribution in [3.8, 4) is 0 Å². The van der Waals surface area contributed by atoms with Crippen LogP contribution in [0.3, 0.4) is 0 Å². The van der Waals surface area contributed by atoms with E-state index < -0.39 is 0 Å². The Kier molecular flexibility index (Phi) is 2.57. The third kappa shape index (κ3) is 2.07. The minimum atomic E-state index is 0.0477. The van der Waals surface area contributed by atoms with Crippen molar-refractivity contribution in [2.45, 2.75) is 19.4 Å². The normalized spacial score (nSPS) is 20.3. The molecule has 0 unspecified atom stereocenters. The lowest BCUT2D eigenvalue weighted by molar-refractivity contribution is 0.0644. The van der Waals surface area contributed by atoms with Crippen molar-refractivity contribution in [1.29, 1.82) is 0 Å². The van der Waals surface area contributed by atoms with Crippen molar-refractivity contribution >= 4 is 11.4 Å². The van der Waals surface area contributed by atoms with Gasteiger partial charge in [-0.3, -0.25) is 0 Å². The lowest BCUT2D eigenvalue weighted by Crippen LogP contribution is -2.53. The molecule has 1 heterocycles. The van der Waals surface area contributed by atoms with Crippen LogP contribution in [0.2, 0.25) is 0 Å². The van der Waals surface area contributed by atoms with E-state index in [1.165, 1.54) is 5.69 Å². The molecular weight excluding hydrogens is 188 g/mol. The Balaban J connectivity index is 2.29. The van der Waals surface area contributed by atoms with E-state index in [1.807, 2.05) is 18.2 Å². The average molecular weight is 206 g/mol. The highest BCUT2D eigenvalue weighted by molar-refractivity contribution is 5.57. The molecule has 1 saturated heterocycles. The molecule has 0 atom stereocenters. The summed E-state index contributed by atoms with van der Waals surface area (Å²) in [6.07, 6.45) is 0. The predicted molar refractivity (Wildman–Crippen MR) is 63.1 cm³/mol. The minimum absolute atomic E-state index is 0.0477.